The number of allylic oxidation sites excluding steroid dienone is 2. The Hall–Kier alpha value is -1.54. The lowest BCUT2D eigenvalue weighted by molar-refractivity contribution is -0.363. The Morgan fingerprint density at radius 1 is 1.27 bits per heavy atom. The quantitative estimate of drug-likeness (QED) is 0.375. The molecule has 2 saturated heterocycles. The van der Waals surface area contributed by atoms with Gasteiger partial charge in [-0.15, -0.1) is 0 Å². The maximum Gasteiger partial charge on any atom is 0.331 e. The molecule has 2 N–H and O–H groups in total. The molecule has 33 heavy (non-hydrogen) atoms. The van der Waals surface area contributed by atoms with E-state index < -0.39 is 47.5 Å². The highest BCUT2D eigenvalue weighted by molar-refractivity contribution is 5.87. The van der Waals surface area contributed by atoms with Gasteiger partial charge in [-0.3, -0.25) is 4.79 Å². The van der Waals surface area contributed by atoms with Crippen LogP contribution in [0.2, 0.25) is 0 Å². The Morgan fingerprint density at radius 3 is 2.58 bits per heavy atom. The van der Waals surface area contributed by atoms with Crippen LogP contribution in [0.25, 0.3) is 0 Å². The monoisotopic (exact) mass is 464 g/mol. The zero-order valence-corrected chi connectivity index (χ0v) is 21.0. The van der Waals surface area contributed by atoms with Crippen molar-refractivity contribution in [2.45, 2.75) is 110 Å². The lowest BCUT2D eigenvalue weighted by Crippen LogP contribution is -2.68. The number of ketones is 1. The average molecular weight is 465 g/mol. The normalized spacial score (nSPS) is 44.5. The summed E-state index contributed by atoms with van der Waals surface area (Å²) in [6.07, 6.45) is 3.52. The van der Waals surface area contributed by atoms with Crippen molar-refractivity contribution in [2.24, 2.45) is 17.3 Å². The average Bonchev–Trinajstić information content (AvgIpc) is 3.17. The third kappa shape index (κ3) is 4.97. The van der Waals surface area contributed by atoms with E-state index in [9.17, 15) is 19.8 Å². The minimum absolute atomic E-state index is 0.176. The van der Waals surface area contributed by atoms with Crippen LogP contribution in [-0.2, 0) is 23.8 Å². The highest BCUT2D eigenvalue weighted by Gasteiger charge is 2.62. The van der Waals surface area contributed by atoms with E-state index in [0.29, 0.717) is 19.3 Å². The predicted molar refractivity (Wildman–Crippen MR) is 123 cm³/mol. The summed E-state index contributed by atoms with van der Waals surface area (Å²) in [5, 5.41) is 23.3. The molecule has 0 spiro atoms. The molecule has 0 unspecified atom stereocenters. The van der Waals surface area contributed by atoms with Crippen LogP contribution in [0.3, 0.4) is 0 Å². The Labute approximate surface area is 197 Å². The number of esters is 1. The van der Waals surface area contributed by atoms with Gasteiger partial charge in [0.1, 0.15) is 12.2 Å². The second-order valence-corrected chi connectivity index (χ2v) is 11.0. The van der Waals surface area contributed by atoms with Crippen LogP contribution < -0.4 is 0 Å². The molecule has 3 rings (SSSR count). The molecule has 2 fully saturated rings. The number of aliphatic hydroxyl groups excluding tert-OH is 1. The van der Waals surface area contributed by atoms with Crippen molar-refractivity contribution in [1.82, 2.24) is 0 Å². The van der Waals surface area contributed by atoms with Gasteiger partial charge in [0.05, 0.1) is 11.7 Å². The van der Waals surface area contributed by atoms with Gasteiger partial charge in [0, 0.05) is 23.3 Å². The predicted octanol–water partition coefficient (Wildman–Crippen LogP) is 3.47. The number of Topliss-reactive ketones (excluding diaryl/α,β-unsaturated/α-hetero) is 1. The molecule has 8 atom stereocenters. The van der Waals surface area contributed by atoms with Crippen molar-refractivity contribution in [1.29, 1.82) is 0 Å². The van der Waals surface area contributed by atoms with E-state index in [4.69, 9.17) is 14.2 Å². The fraction of sp³-hybridized carbons (Fsp3) is 0.769. The van der Waals surface area contributed by atoms with Crippen molar-refractivity contribution >= 4 is 11.8 Å². The Kier molecular flexibility index (Phi) is 7.31. The van der Waals surface area contributed by atoms with Crippen LogP contribution in [0.4, 0.5) is 0 Å². The van der Waals surface area contributed by atoms with E-state index in [1.54, 1.807) is 20.8 Å². The molecule has 0 saturated carbocycles. The van der Waals surface area contributed by atoms with E-state index in [1.165, 1.54) is 6.08 Å². The molecule has 186 valence electrons. The SMILES string of the molecule is CC/C(C)=C/C(=O)O[C@@H]1[C@H](C)C[C@H]2O[C@]1(O)[C@@H](O)[C@@]1(C)CC[C@H](O1)C(C)(C)/C=C/[C@H](C)C2=O. The number of fused-ring (bicyclic) bond motifs is 4. The summed E-state index contributed by atoms with van der Waals surface area (Å²) in [4.78, 5) is 25.8. The highest BCUT2D eigenvalue weighted by Crippen LogP contribution is 2.48. The highest BCUT2D eigenvalue weighted by atomic mass is 16.7. The van der Waals surface area contributed by atoms with Crippen LogP contribution in [-0.4, -0.2) is 57.8 Å². The van der Waals surface area contributed by atoms with Crippen LogP contribution >= 0.6 is 0 Å². The van der Waals surface area contributed by atoms with Gasteiger partial charge in [-0.25, -0.2) is 4.79 Å². The summed E-state index contributed by atoms with van der Waals surface area (Å²) in [5.41, 5.74) is -0.675. The van der Waals surface area contributed by atoms with Gasteiger partial charge in [0.2, 0.25) is 5.79 Å². The number of hydrogen-bond acceptors (Lipinski definition) is 7. The van der Waals surface area contributed by atoms with Gasteiger partial charge in [-0.05, 0) is 39.5 Å². The van der Waals surface area contributed by atoms with Crippen LogP contribution in [0.1, 0.15) is 74.1 Å². The van der Waals surface area contributed by atoms with E-state index in [2.05, 4.69) is 0 Å². The van der Waals surface area contributed by atoms with Gasteiger partial charge >= 0.3 is 5.97 Å². The largest absolute Gasteiger partial charge is 0.453 e. The van der Waals surface area contributed by atoms with Crippen molar-refractivity contribution in [3.63, 3.8) is 0 Å². The zero-order chi connectivity index (χ0) is 24.8. The summed E-state index contributed by atoms with van der Waals surface area (Å²) in [6, 6.07) is 0. The number of ether oxygens (including phenoxy) is 3. The summed E-state index contributed by atoms with van der Waals surface area (Å²) in [5.74, 6) is -3.95. The third-order valence-corrected chi connectivity index (χ3v) is 7.70. The summed E-state index contributed by atoms with van der Waals surface area (Å²) < 4.78 is 18.0. The fourth-order valence-corrected chi connectivity index (χ4v) is 5.18. The van der Waals surface area contributed by atoms with Gasteiger partial charge in [-0.2, -0.15) is 0 Å². The number of carbonyl (C=O) groups excluding carboxylic acids is 2. The molecular formula is C26H40O7. The molecule has 0 aromatic heterocycles. The van der Waals surface area contributed by atoms with E-state index in [0.717, 1.165) is 5.57 Å². The van der Waals surface area contributed by atoms with Gasteiger partial charge in [0.15, 0.2) is 11.9 Å². The second-order valence-electron chi connectivity index (χ2n) is 11.0. The molecule has 3 aliphatic rings. The van der Waals surface area contributed by atoms with Crippen molar-refractivity contribution in [3.8, 4) is 0 Å². The van der Waals surface area contributed by atoms with E-state index >= 15 is 0 Å². The van der Waals surface area contributed by atoms with E-state index in [1.807, 2.05) is 39.8 Å². The van der Waals surface area contributed by atoms with Gasteiger partial charge < -0.3 is 24.4 Å². The molecule has 7 heteroatoms. The Bertz CT molecular complexity index is 830. The Morgan fingerprint density at radius 2 is 1.94 bits per heavy atom. The molecule has 0 aliphatic carbocycles. The smallest absolute Gasteiger partial charge is 0.331 e. The van der Waals surface area contributed by atoms with Gasteiger partial charge in [0.25, 0.3) is 0 Å². The first kappa shape index (κ1) is 26.1. The van der Waals surface area contributed by atoms with Crippen LogP contribution in [0.5, 0.6) is 0 Å². The van der Waals surface area contributed by atoms with E-state index in [-0.39, 0.29) is 23.7 Å². The van der Waals surface area contributed by atoms with Crippen LogP contribution in [0.15, 0.2) is 23.8 Å². The number of carbonyl (C=O) groups is 2. The van der Waals surface area contributed by atoms with Gasteiger partial charge in [-0.1, -0.05) is 52.3 Å². The minimum atomic E-state index is -2.29. The number of aliphatic hydroxyl groups is 2. The third-order valence-electron chi connectivity index (χ3n) is 7.70. The van der Waals surface area contributed by atoms with Crippen molar-refractivity contribution < 1.29 is 34.0 Å². The molecule has 0 amide bonds. The first-order chi connectivity index (χ1) is 15.2. The molecule has 0 aromatic carbocycles. The summed E-state index contributed by atoms with van der Waals surface area (Å²) in [7, 11) is 0. The maximum absolute atomic E-state index is 13.2. The standard InChI is InChI=1S/C26H40O7/c1-8-15(2)13-20(27)31-22-17(4)14-18-21(28)16(3)9-11-24(5,6)19-10-12-25(7,33-19)23(29)26(22,30)32-18/h9,11,13,16-19,22-23,29-30H,8,10,12,14H2,1-7H3/b11-9+,15-13+/t16-,17+,18+,19-,22+,23-,25+,26-/m0/s1. The van der Waals surface area contributed by atoms with Crippen molar-refractivity contribution in [2.75, 3.05) is 0 Å². The number of hydrogen-bond donors (Lipinski definition) is 2. The Balaban J connectivity index is 2.05. The molecule has 3 heterocycles. The molecule has 7 nitrogen and oxygen atoms in total. The minimum Gasteiger partial charge on any atom is -0.453 e. The summed E-state index contributed by atoms with van der Waals surface area (Å²) in [6.45, 7) is 13.2. The molecule has 4 bridgehead atoms. The fourth-order valence-electron chi connectivity index (χ4n) is 5.18. The lowest BCUT2D eigenvalue weighted by Gasteiger charge is -2.51. The molecule has 3 aliphatic heterocycles. The lowest BCUT2D eigenvalue weighted by atomic mass is 9.78. The van der Waals surface area contributed by atoms with Crippen LogP contribution in [0, 0.1) is 17.3 Å². The van der Waals surface area contributed by atoms with Crippen molar-refractivity contribution in [3.05, 3.63) is 23.8 Å². The first-order valence-electron chi connectivity index (χ1n) is 12.1. The maximum atomic E-state index is 13.2. The zero-order valence-electron chi connectivity index (χ0n) is 21.0. The molecular weight excluding hydrogens is 424 g/mol. The summed E-state index contributed by atoms with van der Waals surface area (Å²) >= 11 is 0. The second kappa shape index (κ2) is 9.25. The molecule has 0 aromatic rings. The number of rotatable bonds is 3. The topological polar surface area (TPSA) is 102 Å². The molecule has 0 radical (unpaired) electrons. The first-order valence-corrected chi connectivity index (χ1v) is 12.1.